The Bertz CT molecular complexity index is 1870. The summed E-state index contributed by atoms with van der Waals surface area (Å²) in [6.07, 6.45) is 1.11. The van der Waals surface area contributed by atoms with Crippen LogP contribution < -0.4 is 16.0 Å². The van der Waals surface area contributed by atoms with E-state index in [2.05, 4.69) is 16.0 Å². The van der Waals surface area contributed by atoms with Crippen LogP contribution in [0, 0.1) is 0 Å². The van der Waals surface area contributed by atoms with Crippen molar-refractivity contribution in [2.75, 3.05) is 40.5 Å². The molecule has 0 saturated carbocycles. The average Bonchev–Trinajstić information content (AvgIpc) is 2.98. The molecular weight excluding hydrogens is 522 g/mol. The molecule has 1 heterocycles. The molecule has 0 saturated heterocycles. The Balaban J connectivity index is 1.76. The van der Waals surface area contributed by atoms with Gasteiger partial charge in [0, 0.05) is 56.9 Å². The summed E-state index contributed by atoms with van der Waals surface area (Å²) in [6.45, 7) is 1.48. The lowest BCUT2D eigenvalue weighted by atomic mass is 9.80. The van der Waals surface area contributed by atoms with Crippen LogP contribution in [0.1, 0.15) is 54.3 Å². The number of amides is 4. The maximum atomic E-state index is 14.1. The number of imide groups is 1. The summed E-state index contributed by atoms with van der Waals surface area (Å²) >= 11 is 0. The Hall–Kier alpha value is -4.60. The summed E-state index contributed by atoms with van der Waals surface area (Å²) < 4.78 is 10.2. The highest BCUT2D eigenvalue weighted by molar-refractivity contribution is 6.43. The summed E-state index contributed by atoms with van der Waals surface area (Å²) in [6, 6.07) is 15.3. The molecule has 5 aromatic carbocycles. The molecule has 0 aromatic heterocycles. The van der Waals surface area contributed by atoms with Gasteiger partial charge in [0.25, 0.3) is 23.6 Å². The molecule has 9 heteroatoms. The summed E-state index contributed by atoms with van der Waals surface area (Å²) in [7, 11) is 3.16. The van der Waals surface area contributed by atoms with Gasteiger partial charge in [0.1, 0.15) is 0 Å². The van der Waals surface area contributed by atoms with E-state index in [0.717, 1.165) is 26.9 Å². The van der Waals surface area contributed by atoms with Crippen LogP contribution in [0.15, 0.2) is 48.5 Å². The van der Waals surface area contributed by atoms with Crippen LogP contribution in [-0.2, 0) is 9.47 Å². The molecule has 0 radical (unpaired) electrons. The fourth-order valence-electron chi connectivity index (χ4n) is 6.01. The molecule has 1 aliphatic rings. The Morgan fingerprint density at radius 1 is 0.683 bits per heavy atom. The van der Waals surface area contributed by atoms with Crippen LogP contribution in [0.4, 0.5) is 0 Å². The fraction of sp³-hybridized carbons (Fsp3) is 0.250. The van der Waals surface area contributed by atoms with Crippen molar-refractivity contribution in [3.8, 4) is 0 Å². The van der Waals surface area contributed by atoms with E-state index in [9.17, 15) is 19.2 Å². The normalized spacial score (nSPS) is 12.9. The first-order valence-corrected chi connectivity index (χ1v) is 13.6. The third kappa shape index (κ3) is 4.25. The third-order valence-corrected chi connectivity index (χ3v) is 7.69. The summed E-state index contributed by atoms with van der Waals surface area (Å²) in [5.41, 5.74) is 0.373. The lowest BCUT2D eigenvalue weighted by Crippen LogP contribution is -2.39. The first kappa shape index (κ1) is 26.6. The molecule has 208 valence electrons. The van der Waals surface area contributed by atoms with Crippen LogP contribution in [0.2, 0.25) is 0 Å². The van der Waals surface area contributed by atoms with Gasteiger partial charge in [0.05, 0.1) is 16.7 Å². The van der Waals surface area contributed by atoms with Crippen molar-refractivity contribution < 1.29 is 28.7 Å². The average molecular weight is 552 g/mol. The van der Waals surface area contributed by atoms with Gasteiger partial charge in [-0.25, -0.2) is 0 Å². The minimum Gasteiger partial charge on any atom is -0.385 e. The number of ether oxygens (including phenoxy) is 2. The van der Waals surface area contributed by atoms with Gasteiger partial charge in [0.15, 0.2) is 0 Å². The highest BCUT2D eigenvalue weighted by Crippen LogP contribution is 2.46. The van der Waals surface area contributed by atoms with E-state index in [1.807, 2.05) is 42.5 Å². The molecular formula is C32H29N3O6. The topological polar surface area (TPSA) is 123 Å². The van der Waals surface area contributed by atoms with Crippen molar-refractivity contribution in [3.63, 3.8) is 0 Å². The monoisotopic (exact) mass is 551 g/mol. The molecule has 4 amide bonds. The fourth-order valence-corrected chi connectivity index (χ4v) is 6.01. The molecule has 0 aliphatic carbocycles. The van der Waals surface area contributed by atoms with Crippen LogP contribution >= 0.6 is 0 Å². The Morgan fingerprint density at radius 2 is 1.29 bits per heavy atom. The van der Waals surface area contributed by atoms with Gasteiger partial charge < -0.3 is 20.1 Å². The zero-order chi connectivity index (χ0) is 28.7. The number of carbonyl (C=O) groups excluding carboxylic acids is 4. The van der Waals surface area contributed by atoms with E-state index in [1.54, 1.807) is 20.3 Å². The summed E-state index contributed by atoms with van der Waals surface area (Å²) in [4.78, 5) is 54.6. The quantitative estimate of drug-likeness (QED) is 0.104. The number of hydrogen-bond acceptors (Lipinski definition) is 6. The molecule has 0 bridgehead atoms. The van der Waals surface area contributed by atoms with Gasteiger partial charge in [-0.1, -0.05) is 42.5 Å². The lowest BCUT2D eigenvalue weighted by molar-refractivity contribution is 0.0835. The number of benzene rings is 5. The number of rotatable bonds is 10. The van der Waals surface area contributed by atoms with Gasteiger partial charge in [-0.15, -0.1) is 0 Å². The lowest BCUT2D eigenvalue weighted by Gasteiger charge is -2.26. The van der Waals surface area contributed by atoms with Crippen molar-refractivity contribution in [2.24, 2.45) is 0 Å². The second-order valence-electron chi connectivity index (χ2n) is 10.1. The molecule has 1 aliphatic heterocycles. The van der Waals surface area contributed by atoms with Crippen molar-refractivity contribution in [3.05, 3.63) is 70.8 Å². The van der Waals surface area contributed by atoms with Gasteiger partial charge in [-0.05, 0) is 51.2 Å². The number of hydrogen-bond donors (Lipinski definition) is 3. The molecule has 5 aromatic rings. The molecule has 0 fully saturated rings. The highest BCUT2D eigenvalue weighted by atomic mass is 16.5. The highest BCUT2D eigenvalue weighted by Gasteiger charge is 2.36. The van der Waals surface area contributed by atoms with Crippen molar-refractivity contribution in [1.29, 1.82) is 0 Å². The molecule has 3 N–H and O–H groups in total. The largest absolute Gasteiger partial charge is 0.385 e. The standard InChI is InChI=1S/C32H29N3O6/c1-40-15-5-13-33-30(37)26-24-20-10-4-8-17-7-3-9-18(22(17)20)19-11-12-21-25(23(19)24)27(32(39)35-29(21)36)28(26)31(38)34-14-6-16-41-2/h3-4,7-12H,5-6,13-16H2,1-2H3,(H,33,37)(H,34,38)(H,35,36,39). The zero-order valence-electron chi connectivity index (χ0n) is 22.8. The first-order valence-electron chi connectivity index (χ1n) is 13.6. The van der Waals surface area contributed by atoms with Crippen LogP contribution in [0.5, 0.6) is 0 Å². The van der Waals surface area contributed by atoms with Crippen LogP contribution in [0.3, 0.4) is 0 Å². The molecule has 6 rings (SSSR count). The Kier molecular flexibility index (Phi) is 6.98. The number of fused-ring (bicyclic) bond motifs is 2. The van der Waals surface area contributed by atoms with Crippen LogP contribution in [-0.4, -0.2) is 64.2 Å². The number of nitrogens with one attached hydrogen (secondary N) is 3. The molecule has 0 unspecified atom stereocenters. The van der Waals surface area contributed by atoms with E-state index in [1.165, 1.54) is 0 Å². The second kappa shape index (κ2) is 10.8. The van der Waals surface area contributed by atoms with E-state index < -0.39 is 23.6 Å². The maximum absolute atomic E-state index is 14.1. The van der Waals surface area contributed by atoms with Gasteiger partial charge in [0.2, 0.25) is 0 Å². The predicted molar refractivity (Wildman–Crippen MR) is 157 cm³/mol. The number of methoxy groups -OCH3 is 2. The predicted octanol–water partition coefficient (Wildman–Crippen LogP) is 4.15. The Morgan fingerprint density at radius 3 is 1.95 bits per heavy atom. The first-order chi connectivity index (χ1) is 20.0. The van der Waals surface area contributed by atoms with Crippen molar-refractivity contribution in [2.45, 2.75) is 12.8 Å². The van der Waals surface area contributed by atoms with Gasteiger partial charge in [-0.2, -0.15) is 0 Å². The van der Waals surface area contributed by atoms with Gasteiger partial charge in [-0.3, -0.25) is 24.5 Å². The van der Waals surface area contributed by atoms with E-state index in [0.29, 0.717) is 48.8 Å². The van der Waals surface area contributed by atoms with Gasteiger partial charge >= 0.3 is 0 Å². The van der Waals surface area contributed by atoms with Crippen molar-refractivity contribution in [1.82, 2.24) is 16.0 Å². The smallest absolute Gasteiger partial charge is 0.259 e. The van der Waals surface area contributed by atoms with E-state index in [4.69, 9.17) is 9.47 Å². The zero-order valence-corrected chi connectivity index (χ0v) is 22.8. The Labute approximate surface area is 235 Å². The SMILES string of the molecule is COCCCNC(=O)c1c2c3c(ccc4c5cccc6cccc(c(c1C(=O)NCCCOC)c34)c65)C(=O)NC2=O. The molecule has 0 spiro atoms. The van der Waals surface area contributed by atoms with Crippen LogP contribution in [0.25, 0.3) is 43.1 Å². The minimum absolute atomic E-state index is 0.0260. The minimum atomic E-state index is -0.709. The van der Waals surface area contributed by atoms with E-state index in [-0.39, 0.29) is 28.8 Å². The second-order valence-corrected chi connectivity index (χ2v) is 10.1. The molecule has 9 nitrogen and oxygen atoms in total. The van der Waals surface area contributed by atoms with Crippen molar-refractivity contribution >= 4 is 66.7 Å². The van der Waals surface area contributed by atoms with E-state index >= 15 is 0 Å². The summed E-state index contributed by atoms with van der Waals surface area (Å²) in [5.74, 6) is -2.30. The molecule has 41 heavy (non-hydrogen) atoms. The molecule has 0 atom stereocenters. The maximum Gasteiger partial charge on any atom is 0.259 e. The number of carbonyl (C=O) groups is 4. The summed E-state index contributed by atoms with van der Waals surface area (Å²) in [5, 5.41) is 14.1. The third-order valence-electron chi connectivity index (χ3n) is 7.69.